The predicted octanol–water partition coefficient (Wildman–Crippen LogP) is 4.35. The normalized spacial score (nSPS) is 10.7. The number of hydrogen-bond donors (Lipinski definition) is 0. The molecule has 2 aromatic carbocycles. The Bertz CT molecular complexity index is 613. The van der Waals surface area contributed by atoms with Crippen LogP contribution in [0.5, 0.6) is 5.75 Å². The molecule has 0 radical (unpaired) electrons. The number of carbonyl (C=O) groups is 1. The van der Waals surface area contributed by atoms with Crippen LogP contribution in [0.1, 0.15) is 35.7 Å². The maximum atomic E-state index is 13.0. The molecule has 0 spiro atoms. The Kier molecular flexibility index (Phi) is 4.68. The standard InChI is InChI=1S/C17H16F2O2/c1-11(2)12-3-5-13(6-4-12)17(20)10-21-16-8-14(18)7-15(19)9-16/h3-9,11H,10H2,1-2H3. The van der Waals surface area contributed by atoms with Crippen LogP contribution < -0.4 is 4.74 Å². The predicted molar refractivity (Wildman–Crippen MR) is 76.7 cm³/mol. The summed E-state index contributed by atoms with van der Waals surface area (Å²) in [5.41, 5.74) is 1.65. The first kappa shape index (κ1) is 15.2. The summed E-state index contributed by atoms with van der Waals surface area (Å²) in [4.78, 5) is 12.0. The van der Waals surface area contributed by atoms with Crippen molar-refractivity contribution in [1.82, 2.24) is 0 Å². The van der Waals surface area contributed by atoms with E-state index in [2.05, 4.69) is 13.8 Å². The Morgan fingerprint density at radius 2 is 1.62 bits per heavy atom. The number of Topliss-reactive ketones (excluding diaryl/α,β-unsaturated/α-hetero) is 1. The van der Waals surface area contributed by atoms with Crippen LogP contribution in [0.25, 0.3) is 0 Å². The van der Waals surface area contributed by atoms with Gasteiger partial charge in [-0.15, -0.1) is 0 Å². The first-order valence-corrected chi connectivity index (χ1v) is 6.68. The Morgan fingerprint density at radius 3 is 2.14 bits per heavy atom. The van der Waals surface area contributed by atoms with Gasteiger partial charge in [-0.2, -0.15) is 0 Å². The number of rotatable bonds is 5. The quantitative estimate of drug-likeness (QED) is 0.765. The van der Waals surface area contributed by atoms with Gasteiger partial charge in [0.1, 0.15) is 17.4 Å². The largest absolute Gasteiger partial charge is 0.485 e. The smallest absolute Gasteiger partial charge is 0.200 e. The molecule has 21 heavy (non-hydrogen) atoms. The van der Waals surface area contributed by atoms with E-state index in [0.717, 1.165) is 23.8 Å². The van der Waals surface area contributed by atoms with E-state index in [4.69, 9.17) is 4.74 Å². The molecule has 2 nitrogen and oxygen atoms in total. The van der Waals surface area contributed by atoms with Crippen molar-refractivity contribution >= 4 is 5.78 Å². The van der Waals surface area contributed by atoms with Gasteiger partial charge in [0.05, 0.1) is 0 Å². The Hall–Kier alpha value is -2.23. The molecular formula is C17H16F2O2. The zero-order valence-corrected chi connectivity index (χ0v) is 11.9. The van der Waals surface area contributed by atoms with E-state index in [-0.39, 0.29) is 18.1 Å². The second kappa shape index (κ2) is 6.48. The molecule has 0 bridgehead atoms. The molecular weight excluding hydrogens is 274 g/mol. The highest BCUT2D eigenvalue weighted by Gasteiger charge is 2.09. The molecule has 0 heterocycles. The van der Waals surface area contributed by atoms with Gasteiger partial charge in [-0.25, -0.2) is 8.78 Å². The molecule has 4 heteroatoms. The molecule has 110 valence electrons. The second-order valence-corrected chi connectivity index (χ2v) is 5.09. The minimum absolute atomic E-state index is 0.000324. The van der Waals surface area contributed by atoms with Crippen LogP contribution in [0, 0.1) is 11.6 Å². The van der Waals surface area contributed by atoms with E-state index < -0.39 is 11.6 Å². The molecule has 0 aromatic heterocycles. The van der Waals surface area contributed by atoms with E-state index >= 15 is 0 Å². The topological polar surface area (TPSA) is 26.3 Å². The molecule has 0 fully saturated rings. The first-order valence-electron chi connectivity index (χ1n) is 6.68. The van der Waals surface area contributed by atoms with E-state index in [9.17, 15) is 13.6 Å². The fourth-order valence-electron chi connectivity index (χ4n) is 1.90. The lowest BCUT2D eigenvalue weighted by Gasteiger charge is -2.08. The minimum atomic E-state index is -0.737. The van der Waals surface area contributed by atoms with Crippen LogP contribution in [-0.4, -0.2) is 12.4 Å². The minimum Gasteiger partial charge on any atom is -0.485 e. The van der Waals surface area contributed by atoms with Gasteiger partial charge in [-0.3, -0.25) is 4.79 Å². The maximum Gasteiger partial charge on any atom is 0.200 e. The molecule has 0 saturated carbocycles. The summed E-state index contributed by atoms with van der Waals surface area (Å²) in [5, 5.41) is 0. The van der Waals surface area contributed by atoms with Gasteiger partial charge in [0.15, 0.2) is 12.4 Å². The van der Waals surface area contributed by atoms with Crippen LogP contribution >= 0.6 is 0 Å². The maximum absolute atomic E-state index is 13.0. The molecule has 0 aliphatic rings. The van der Waals surface area contributed by atoms with Crippen molar-refractivity contribution < 1.29 is 18.3 Å². The SMILES string of the molecule is CC(C)c1ccc(C(=O)COc2cc(F)cc(F)c2)cc1. The highest BCUT2D eigenvalue weighted by molar-refractivity contribution is 5.97. The monoisotopic (exact) mass is 290 g/mol. The van der Waals surface area contributed by atoms with Crippen molar-refractivity contribution in [3.8, 4) is 5.75 Å². The lowest BCUT2D eigenvalue weighted by molar-refractivity contribution is 0.0921. The fourth-order valence-corrected chi connectivity index (χ4v) is 1.90. The van der Waals surface area contributed by atoms with Crippen molar-refractivity contribution in [2.24, 2.45) is 0 Å². The molecule has 0 N–H and O–H groups in total. The number of hydrogen-bond acceptors (Lipinski definition) is 2. The second-order valence-electron chi connectivity index (χ2n) is 5.09. The van der Waals surface area contributed by atoms with Gasteiger partial charge < -0.3 is 4.74 Å². The van der Waals surface area contributed by atoms with Crippen LogP contribution in [0.15, 0.2) is 42.5 Å². The molecule has 0 atom stereocenters. The van der Waals surface area contributed by atoms with Crippen LogP contribution in [-0.2, 0) is 0 Å². The number of carbonyl (C=O) groups excluding carboxylic acids is 1. The number of ether oxygens (including phenoxy) is 1. The zero-order valence-electron chi connectivity index (χ0n) is 11.9. The van der Waals surface area contributed by atoms with Gasteiger partial charge in [-0.05, 0) is 11.5 Å². The van der Waals surface area contributed by atoms with Gasteiger partial charge in [0, 0.05) is 23.8 Å². The third-order valence-corrected chi connectivity index (χ3v) is 3.11. The van der Waals surface area contributed by atoms with Crippen LogP contribution in [0.4, 0.5) is 8.78 Å². The summed E-state index contributed by atoms with van der Waals surface area (Å²) in [6, 6.07) is 10.1. The molecule has 0 aliphatic heterocycles. The van der Waals surface area contributed by atoms with Crippen molar-refractivity contribution in [2.45, 2.75) is 19.8 Å². The van der Waals surface area contributed by atoms with E-state index in [1.807, 2.05) is 12.1 Å². The molecule has 2 aromatic rings. The van der Waals surface area contributed by atoms with Crippen molar-refractivity contribution in [3.63, 3.8) is 0 Å². The van der Waals surface area contributed by atoms with Crippen LogP contribution in [0.2, 0.25) is 0 Å². The summed E-state index contributed by atoms with van der Waals surface area (Å²) in [6.45, 7) is 3.88. The Balaban J connectivity index is 2.01. The van der Waals surface area contributed by atoms with Gasteiger partial charge in [0.25, 0.3) is 0 Å². The highest BCUT2D eigenvalue weighted by atomic mass is 19.1. The summed E-state index contributed by atoms with van der Waals surface area (Å²) in [7, 11) is 0. The van der Waals surface area contributed by atoms with Crippen molar-refractivity contribution in [2.75, 3.05) is 6.61 Å². The molecule has 2 rings (SSSR count). The average Bonchev–Trinajstić information content (AvgIpc) is 2.44. The summed E-state index contributed by atoms with van der Waals surface area (Å²) in [6.07, 6.45) is 0. The van der Waals surface area contributed by atoms with Gasteiger partial charge in [0.2, 0.25) is 0 Å². The Labute approximate surface area is 122 Å². The van der Waals surface area contributed by atoms with E-state index in [1.54, 1.807) is 12.1 Å². The molecule has 0 unspecified atom stereocenters. The molecule has 0 amide bonds. The number of halogens is 2. The first-order chi connectivity index (χ1) is 9.95. The van der Waals surface area contributed by atoms with E-state index in [0.29, 0.717) is 11.5 Å². The average molecular weight is 290 g/mol. The van der Waals surface area contributed by atoms with Crippen molar-refractivity contribution in [3.05, 3.63) is 65.2 Å². The zero-order chi connectivity index (χ0) is 15.4. The lowest BCUT2D eigenvalue weighted by atomic mass is 10.0. The molecule has 0 aliphatic carbocycles. The molecule has 0 saturated heterocycles. The summed E-state index contributed by atoms with van der Waals surface area (Å²) < 4.78 is 31.1. The lowest BCUT2D eigenvalue weighted by Crippen LogP contribution is -2.11. The fraction of sp³-hybridized carbons (Fsp3) is 0.235. The number of ketones is 1. The third-order valence-electron chi connectivity index (χ3n) is 3.11. The highest BCUT2D eigenvalue weighted by Crippen LogP contribution is 2.17. The third kappa shape index (κ3) is 4.12. The van der Waals surface area contributed by atoms with E-state index in [1.165, 1.54) is 0 Å². The van der Waals surface area contributed by atoms with Gasteiger partial charge in [-0.1, -0.05) is 38.1 Å². The number of benzene rings is 2. The van der Waals surface area contributed by atoms with Crippen LogP contribution in [0.3, 0.4) is 0 Å². The summed E-state index contributed by atoms with van der Waals surface area (Å²) >= 11 is 0. The van der Waals surface area contributed by atoms with Crippen molar-refractivity contribution in [1.29, 1.82) is 0 Å². The summed E-state index contributed by atoms with van der Waals surface area (Å²) in [5.74, 6) is -1.33. The van der Waals surface area contributed by atoms with Gasteiger partial charge >= 0.3 is 0 Å². The Morgan fingerprint density at radius 1 is 1.05 bits per heavy atom.